The van der Waals surface area contributed by atoms with Gasteiger partial charge in [0, 0.05) is 24.0 Å². The third-order valence-electron chi connectivity index (χ3n) is 4.86. The largest absolute Gasteiger partial charge is 0.294 e. The molecule has 2 rings (SSSR count). The van der Waals surface area contributed by atoms with E-state index >= 15 is 0 Å². The second-order valence-electron chi connectivity index (χ2n) is 7.31. The van der Waals surface area contributed by atoms with Gasteiger partial charge in [0.2, 0.25) is 0 Å². The fourth-order valence-electron chi connectivity index (χ4n) is 3.46. The summed E-state index contributed by atoms with van der Waals surface area (Å²) in [5.41, 5.74) is 4.12. The van der Waals surface area contributed by atoms with Crippen LogP contribution in [0.4, 0.5) is 0 Å². The molecule has 0 unspecified atom stereocenters. The Hall–Kier alpha value is -2.48. The monoisotopic (exact) mass is 348 g/mol. The van der Waals surface area contributed by atoms with E-state index in [1.54, 1.807) is 0 Å². The van der Waals surface area contributed by atoms with Crippen LogP contribution in [0.15, 0.2) is 55.1 Å². The maximum absolute atomic E-state index is 12.4. The van der Waals surface area contributed by atoms with Gasteiger partial charge in [-0.25, -0.2) is 0 Å². The van der Waals surface area contributed by atoms with Crippen molar-refractivity contribution in [2.75, 3.05) is 0 Å². The summed E-state index contributed by atoms with van der Waals surface area (Å²) in [7, 11) is 0. The van der Waals surface area contributed by atoms with E-state index in [0.29, 0.717) is 19.3 Å². The van der Waals surface area contributed by atoms with Gasteiger partial charge in [-0.2, -0.15) is 0 Å². The third kappa shape index (κ3) is 4.19. The molecule has 0 fully saturated rings. The molecule has 0 bridgehead atoms. The van der Waals surface area contributed by atoms with Gasteiger partial charge in [-0.1, -0.05) is 82.8 Å². The Bertz CT molecular complexity index is 828. The van der Waals surface area contributed by atoms with Gasteiger partial charge in [-0.3, -0.25) is 9.59 Å². The second kappa shape index (κ2) is 8.27. The molecule has 0 N–H and O–H groups in total. The maximum atomic E-state index is 12.4. The number of allylic oxidation sites excluding steroid dienone is 1. The number of hydrogen-bond donors (Lipinski definition) is 0. The van der Waals surface area contributed by atoms with Gasteiger partial charge >= 0.3 is 0 Å². The summed E-state index contributed by atoms with van der Waals surface area (Å²) in [6.07, 6.45) is 1.64. The van der Waals surface area contributed by atoms with Gasteiger partial charge in [0.25, 0.3) is 0 Å². The first-order valence-electron chi connectivity index (χ1n) is 9.24. The molecule has 0 aliphatic carbocycles. The highest BCUT2D eigenvalue weighted by Gasteiger charge is 2.27. The van der Waals surface area contributed by atoms with Crippen LogP contribution in [0.25, 0.3) is 5.57 Å². The van der Waals surface area contributed by atoms with Crippen LogP contribution in [0.3, 0.4) is 0 Å². The van der Waals surface area contributed by atoms with Gasteiger partial charge < -0.3 is 0 Å². The number of rotatable bonds is 8. The molecular weight excluding hydrogens is 320 g/mol. The lowest BCUT2D eigenvalue weighted by molar-refractivity contribution is 0.0979. The van der Waals surface area contributed by atoms with E-state index in [2.05, 4.69) is 20.4 Å². The molecule has 0 saturated carbocycles. The Balaban J connectivity index is 2.38. The summed E-state index contributed by atoms with van der Waals surface area (Å²) < 4.78 is 0. The molecule has 2 aromatic carbocycles. The van der Waals surface area contributed by atoms with Gasteiger partial charge in [0.15, 0.2) is 11.6 Å². The smallest absolute Gasteiger partial charge is 0.163 e. The van der Waals surface area contributed by atoms with E-state index in [9.17, 15) is 9.59 Å². The molecule has 0 aliphatic rings. The Labute approximate surface area is 157 Å². The highest BCUT2D eigenvalue weighted by molar-refractivity contribution is 6.00. The van der Waals surface area contributed by atoms with Crippen LogP contribution >= 0.6 is 0 Å². The minimum atomic E-state index is -0.263. The first-order chi connectivity index (χ1) is 12.3. The molecule has 2 heteroatoms. The molecule has 2 nitrogen and oxygen atoms in total. The lowest BCUT2D eigenvalue weighted by atomic mass is 9.75. The predicted molar refractivity (Wildman–Crippen MR) is 109 cm³/mol. The number of benzene rings is 2. The molecule has 0 atom stereocenters. The van der Waals surface area contributed by atoms with E-state index in [1.807, 2.05) is 62.4 Å². The molecule has 0 amide bonds. The van der Waals surface area contributed by atoms with Crippen molar-refractivity contribution < 1.29 is 9.59 Å². The molecule has 0 heterocycles. The van der Waals surface area contributed by atoms with Crippen molar-refractivity contribution in [3.63, 3.8) is 0 Å². The topological polar surface area (TPSA) is 34.1 Å². The van der Waals surface area contributed by atoms with Gasteiger partial charge in [0.05, 0.1) is 0 Å². The molecule has 0 saturated heterocycles. The first kappa shape index (κ1) is 19.8. The van der Waals surface area contributed by atoms with Crippen LogP contribution in [-0.4, -0.2) is 11.6 Å². The summed E-state index contributed by atoms with van der Waals surface area (Å²) in [4.78, 5) is 24.6. The average Bonchev–Trinajstić information content (AvgIpc) is 2.66. The fraction of sp³-hybridized carbons (Fsp3) is 0.333. The number of ketones is 2. The number of carbonyl (C=O) groups excluding carboxylic acids is 2. The molecule has 0 spiro atoms. The normalized spacial score (nSPS) is 11.2. The summed E-state index contributed by atoms with van der Waals surface area (Å²) in [6.45, 7) is 12.3. The number of carbonyl (C=O) groups is 2. The van der Waals surface area contributed by atoms with Crippen LogP contribution in [0.2, 0.25) is 0 Å². The Morgan fingerprint density at radius 1 is 0.808 bits per heavy atom. The highest BCUT2D eigenvalue weighted by atomic mass is 16.1. The summed E-state index contributed by atoms with van der Waals surface area (Å²) in [5, 5.41) is 0. The summed E-state index contributed by atoms with van der Waals surface area (Å²) in [6, 6.07) is 15.5. The van der Waals surface area contributed by atoms with Crippen LogP contribution in [0.5, 0.6) is 0 Å². The van der Waals surface area contributed by atoms with E-state index < -0.39 is 0 Å². The molecule has 0 aliphatic heterocycles. The Morgan fingerprint density at radius 3 is 1.85 bits per heavy atom. The van der Waals surface area contributed by atoms with Crippen molar-refractivity contribution in [3.05, 3.63) is 77.4 Å². The third-order valence-corrected chi connectivity index (χ3v) is 4.86. The zero-order chi connectivity index (χ0) is 19.3. The lowest BCUT2D eigenvalue weighted by Crippen LogP contribution is -2.21. The van der Waals surface area contributed by atoms with Crippen molar-refractivity contribution in [2.45, 2.75) is 52.4 Å². The first-order valence-corrected chi connectivity index (χ1v) is 9.24. The fourth-order valence-corrected chi connectivity index (χ4v) is 3.46. The Kier molecular flexibility index (Phi) is 6.31. The van der Waals surface area contributed by atoms with Crippen LogP contribution in [-0.2, 0) is 5.41 Å². The van der Waals surface area contributed by atoms with Gasteiger partial charge in [0.1, 0.15) is 0 Å². The van der Waals surface area contributed by atoms with Crippen LogP contribution < -0.4 is 0 Å². The van der Waals surface area contributed by atoms with Gasteiger partial charge in [-0.15, -0.1) is 0 Å². The van der Waals surface area contributed by atoms with Crippen molar-refractivity contribution in [1.82, 2.24) is 0 Å². The van der Waals surface area contributed by atoms with Crippen molar-refractivity contribution >= 4 is 17.1 Å². The SMILES string of the molecule is C=C(CC(C)(C)c1ccccc1C(=O)CC)c1ccccc1C(=O)CC. The molecule has 26 heavy (non-hydrogen) atoms. The van der Waals surface area contributed by atoms with E-state index in [4.69, 9.17) is 0 Å². The molecular formula is C24H28O2. The number of hydrogen-bond acceptors (Lipinski definition) is 2. The molecule has 0 radical (unpaired) electrons. The zero-order valence-corrected chi connectivity index (χ0v) is 16.3. The molecule has 2 aromatic rings. The lowest BCUT2D eigenvalue weighted by Gasteiger charge is -2.29. The van der Waals surface area contributed by atoms with E-state index in [1.165, 1.54) is 0 Å². The van der Waals surface area contributed by atoms with Crippen molar-refractivity contribution in [1.29, 1.82) is 0 Å². The maximum Gasteiger partial charge on any atom is 0.163 e. The minimum Gasteiger partial charge on any atom is -0.294 e. The van der Waals surface area contributed by atoms with Crippen molar-refractivity contribution in [2.24, 2.45) is 0 Å². The quantitative estimate of drug-likeness (QED) is 0.528. The molecule has 0 aromatic heterocycles. The van der Waals surface area contributed by atoms with E-state index in [0.717, 1.165) is 27.8 Å². The standard InChI is InChI=1S/C24H28O2/c1-6-22(25)19-13-9-8-12-18(19)17(3)16-24(4,5)21-15-11-10-14-20(21)23(26)7-2/h8-15H,3,6-7,16H2,1-2,4-5H3. The highest BCUT2D eigenvalue weighted by Crippen LogP contribution is 2.36. The van der Waals surface area contributed by atoms with Crippen molar-refractivity contribution in [3.8, 4) is 0 Å². The number of Topliss-reactive ketones (excluding diaryl/α,β-unsaturated/α-hetero) is 2. The Morgan fingerprint density at radius 2 is 1.27 bits per heavy atom. The average molecular weight is 348 g/mol. The van der Waals surface area contributed by atoms with Crippen LogP contribution in [0.1, 0.15) is 78.8 Å². The van der Waals surface area contributed by atoms with Gasteiger partial charge in [-0.05, 0) is 28.5 Å². The zero-order valence-electron chi connectivity index (χ0n) is 16.3. The summed E-state index contributed by atoms with van der Waals surface area (Å²) in [5.74, 6) is 0.280. The predicted octanol–water partition coefficient (Wildman–Crippen LogP) is 6.25. The van der Waals surface area contributed by atoms with Crippen LogP contribution in [0, 0.1) is 0 Å². The summed E-state index contributed by atoms with van der Waals surface area (Å²) >= 11 is 0. The minimum absolute atomic E-state index is 0.126. The van der Waals surface area contributed by atoms with E-state index in [-0.39, 0.29) is 17.0 Å². The second-order valence-corrected chi connectivity index (χ2v) is 7.31. The molecule has 136 valence electrons.